The maximum absolute atomic E-state index is 11.6. The van der Waals surface area contributed by atoms with E-state index in [2.05, 4.69) is 5.32 Å². The van der Waals surface area contributed by atoms with E-state index in [-0.39, 0.29) is 5.57 Å². The van der Waals surface area contributed by atoms with Crippen molar-refractivity contribution in [3.63, 3.8) is 0 Å². The topological polar surface area (TPSA) is 75.6 Å². The predicted octanol–water partition coefficient (Wildman–Crippen LogP) is 2.32. The minimum Gasteiger partial charge on any atom is -0.495 e. The van der Waals surface area contributed by atoms with Crippen molar-refractivity contribution in [1.82, 2.24) is 0 Å². The van der Waals surface area contributed by atoms with Crippen molar-refractivity contribution in [2.45, 2.75) is 6.92 Å². The van der Waals surface area contributed by atoms with E-state index in [9.17, 15) is 9.59 Å². The van der Waals surface area contributed by atoms with Gasteiger partial charge in [-0.2, -0.15) is 0 Å². The molecule has 0 saturated heterocycles. The van der Waals surface area contributed by atoms with Crippen LogP contribution in [0.5, 0.6) is 5.75 Å². The van der Waals surface area contributed by atoms with E-state index in [0.717, 1.165) is 6.08 Å². The van der Waals surface area contributed by atoms with E-state index >= 15 is 0 Å². The van der Waals surface area contributed by atoms with Gasteiger partial charge in [-0.05, 0) is 25.1 Å². The van der Waals surface area contributed by atoms with Crippen LogP contribution in [0, 0.1) is 0 Å². The molecule has 0 aliphatic carbocycles. The number of carbonyl (C=O) groups is 2. The zero-order valence-electron chi connectivity index (χ0n) is 9.86. The van der Waals surface area contributed by atoms with Crippen molar-refractivity contribution in [3.8, 4) is 5.75 Å². The largest absolute Gasteiger partial charge is 0.495 e. The summed E-state index contributed by atoms with van der Waals surface area (Å²) < 4.78 is 4.97. The van der Waals surface area contributed by atoms with Crippen molar-refractivity contribution >= 4 is 29.2 Å². The highest BCUT2D eigenvalue weighted by Crippen LogP contribution is 2.27. The number of aliphatic carboxylic acids is 1. The number of ether oxygens (including phenoxy) is 1. The van der Waals surface area contributed by atoms with Crippen LogP contribution in [0.25, 0.3) is 0 Å². The molecule has 1 aromatic rings. The zero-order chi connectivity index (χ0) is 13.7. The van der Waals surface area contributed by atoms with Gasteiger partial charge in [0.2, 0.25) is 0 Å². The molecule has 0 atom stereocenters. The number of halogens is 1. The Labute approximate surface area is 109 Å². The van der Waals surface area contributed by atoms with Crippen LogP contribution >= 0.6 is 11.6 Å². The van der Waals surface area contributed by atoms with Crippen LogP contribution in [-0.2, 0) is 9.59 Å². The number of anilines is 1. The predicted molar refractivity (Wildman–Crippen MR) is 68.0 cm³/mol. The molecule has 0 bridgehead atoms. The summed E-state index contributed by atoms with van der Waals surface area (Å²) in [6.07, 6.45) is 0.834. The normalized spacial score (nSPS) is 10.9. The molecule has 0 heterocycles. The third-order valence-electron chi connectivity index (χ3n) is 2.11. The van der Waals surface area contributed by atoms with Gasteiger partial charge in [0.25, 0.3) is 5.91 Å². The molecule has 0 aliphatic rings. The first-order valence-electron chi connectivity index (χ1n) is 5.00. The lowest BCUT2D eigenvalue weighted by atomic mass is 10.2. The summed E-state index contributed by atoms with van der Waals surface area (Å²) in [5.74, 6) is -1.18. The second kappa shape index (κ2) is 6.07. The number of carbonyl (C=O) groups excluding carboxylic acids is 1. The summed E-state index contributed by atoms with van der Waals surface area (Å²) in [4.78, 5) is 22.0. The first-order chi connectivity index (χ1) is 8.43. The highest BCUT2D eigenvalue weighted by Gasteiger charge is 2.08. The Morgan fingerprint density at radius 3 is 2.61 bits per heavy atom. The van der Waals surface area contributed by atoms with Gasteiger partial charge in [-0.15, -0.1) is 0 Å². The van der Waals surface area contributed by atoms with E-state index in [1.165, 1.54) is 20.1 Å². The molecule has 1 rings (SSSR count). The molecule has 5 nitrogen and oxygen atoms in total. The zero-order valence-corrected chi connectivity index (χ0v) is 10.6. The van der Waals surface area contributed by atoms with E-state index in [4.69, 9.17) is 21.4 Å². The summed E-state index contributed by atoms with van der Waals surface area (Å²) in [5.41, 5.74) is 0.554. The lowest BCUT2D eigenvalue weighted by Crippen LogP contribution is -2.13. The molecule has 0 aliphatic heterocycles. The lowest BCUT2D eigenvalue weighted by molar-refractivity contribution is -0.131. The Morgan fingerprint density at radius 1 is 1.44 bits per heavy atom. The molecule has 1 amide bonds. The molecule has 1 aromatic carbocycles. The van der Waals surface area contributed by atoms with E-state index < -0.39 is 11.9 Å². The van der Waals surface area contributed by atoms with Crippen LogP contribution in [0.1, 0.15) is 6.92 Å². The third kappa shape index (κ3) is 3.78. The highest BCUT2D eigenvalue weighted by molar-refractivity contribution is 6.32. The van der Waals surface area contributed by atoms with Gasteiger partial charge in [-0.25, -0.2) is 4.79 Å². The summed E-state index contributed by atoms with van der Waals surface area (Å²) in [7, 11) is 1.49. The molecular formula is C12H12ClNO4. The Hall–Kier alpha value is -2.01. The monoisotopic (exact) mass is 269 g/mol. The number of hydrogen-bond acceptors (Lipinski definition) is 3. The smallest absolute Gasteiger partial charge is 0.328 e. The third-order valence-corrected chi connectivity index (χ3v) is 2.40. The van der Waals surface area contributed by atoms with Gasteiger partial charge in [-0.1, -0.05) is 11.6 Å². The van der Waals surface area contributed by atoms with E-state index in [0.29, 0.717) is 16.5 Å². The van der Waals surface area contributed by atoms with Gasteiger partial charge < -0.3 is 15.2 Å². The number of rotatable bonds is 4. The van der Waals surface area contributed by atoms with Gasteiger partial charge in [0, 0.05) is 17.3 Å². The molecule has 0 fully saturated rings. The van der Waals surface area contributed by atoms with Crippen molar-refractivity contribution in [2.24, 2.45) is 0 Å². The standard InChI is InChI=1S/C12H12ClNO4/c1-7(5-11(15)16)12(17)14-8-3-4-10(18-2)9(13)6-8/h3-6H,1-2H3,(H,14,17)(H,15,16)/b7-5+. The summed E-state index contributed by atoms with van der Waals surface area (Å²) in [6.45, 7) is 1.41. The number of methoxy groups -OCH3 is 1. The van der Waals surface area contributed by atoms with Crippen LogP contribution in [0.3, 0.4) is 0 Å². The fraction of sp³-hybridized carbons (Fsp3) is 0.167. The van der Waals surface area contributed by atoms with Crippen LogP contribution in [0.4, 0.5) is 5.69 Å². The van der Waals surface area contributed by atoms with Gasteiger partial charge in [0.05, 0.1) is 12.1 Å². The first-order valence-corrected chi connectivity index (χ1v) is 5.38. The lowest BCUT2D eigenvalue weighted by Gasteiger charge is -2.07. The average Bonchev–Trinajstić information content (AvgIpc) is 2.28. The Bertz CT molecular complexity index is 511. The minimum atomic E-state index is -1.17. The maximum Gasteiger partial charge on any atom is 0.328 e. The number of amides is 1. The molecule has 0 saturated carbocycles. The van der Waals surface area contributed by atoms with Gasteiger partial charge in [0.1, 0.15) is 5.75 Å². The fourth-order valence-corrected chi connectivity index (χ4v) is 1.48. The number of benzene rings is 1. The minimum absolute atomic E-state index is 0.0921. The summed E-state index contributed by atoms with van der Waals surface area (Å²) in [5, 5.41) is 11.4. The van der Waals surface area contributed by atoms with Crippen molar-refractivity contribution < 1.29 is 19.4 Å². The molecule has 0 aromatic heterocycles. The van der Waals surface area contributed by atoms with E-state index in [1.54, 1.807) is 12.1 Å². The SMILES string of the molecule is COc1ccc(NC(=O)/C(C)=C/C(=O)O)cc1Cl. The Balaban J connectivity index is 2.83. The molecule has 18 heavy (non-hydrogen) atoms. The van der Waals surface area contributed by atoms with Crippen LogP contribution in [0.15, 0.2) is 29.8 Å². The molecule has 2 N–H and O–H groups in total. The Morgan fingerprint density at radius 2 is 2.11 bits per heavy atom. The molecule has 6 heteroatoms. The van der Waals surface area contributed by atoms with Crippen molar-refractivity contribution in [1.29, 1.82) is 0 Å². The van der Waals surface area contributed by atoms with Gasteiger partial charge in [-0.3, -0.25) is 4.79 Å². The molecule has 0 unspecified atom stereocenters. The number of nitrogens with one attached hydrogen (secondary N) is 1. The molecule has 96 valence electrons. The first kappa shape index (κ1) is 14.1. The second-order valence-corrected chi connectivity index (χ2v) is 3.88. The molecular weight excluding hydrogens is 258 g/mol. The fourth-order valence-electron chi connectivity index (χ4n) is 1.22. The average molecular weight is 270 g/mol. The van der Waals surface area contributed by atoms with Crippen LogP contribution in [-0.4, -0.2) is 24.1 Å². The van der Waals surface area contributed by atoms with E-state index in [1.807, 2.05) is 0 Å². The second-order valence-electron chi connectivity index (χ2n) is 3.47. The van der Waals surface area contributed by atoms with Crippen molar-refractivity contribution in [2.75, 3.05) is 12.4 Å². The summed E-state index contributed by atoms with van der Waals surface area (Å²) in [6, 6.07) is 4.73. The quantitative estimate of drug-likeness (QED) is 0.823. The number of carboxylic acids is 1. The van der Waals surface area contributed by atoms with Crippen LogP contribution in [0.2, 0.25) is 5.02 Å². The van der Waals surface area contributed by atoms with Gasteiger partial charge >= 0.3 is 5.97 Å². The van der Waals surface area contributed by atoms with Gasteiger partial charge in [0.15, 0.2) is 0 Å². The van der Waals surface area contributed by atoms with Crippen LogP contribution < -0.4 is 10.1 Å². The Kier molecular flexibility index (Phi) is 4.74. The molecule has 0 radical (unpaired) electrons. The highest BCUT2D eigenvalue weighted by atomic mass is 35.5. The summed E-state index contributed by atoms with van der Waals surface area (Å²) >= 11 is 5.89. The van der Waals surface area contributed by atoms with Crippen molar-refractivity contribution in [3.05, 3.63) is 34.9 Å². The maximum atomic E-state index is 11.6. The number of carboxylic acid groups (broad SMARTS) is 1. The number of hydrogen-bond donors (Lipinski definition) is 2. The molecule has 0 spiro atoms.